The third kappa shape index (κ3) is 2.89. The Labute approximate surface area is 104 Å². The molecule has 0 aliphatic heterocycles. The summed E-state index contributed by atoms with van der Waals surface area (Å²) in [6, 6.07) is 6.93. The molecule has 0 aromatic heterocycles. The van der Waals surface area contributed by atoms with E-state index in [0.29, 0.717) is 6.04 Å². The summed E-state index contributed by atoms with van der Waals surface area (Å²) in [5.41, 5.74) is 2.89. The minimum absolute atomic E-state index is 0.505. The van der Waals surface area contributed by atoms with E-state index < -0.39 is 0 Å². The zero-order valence-corrected chi connectivity index (χ0v) is 10.7. The number of aryl methyl sites for hydroxylation is 1. The van der Waals surface area contributed by atoms with Crippen molar-refractivity contribution in [3.05, 3.63) is 41.5 Å². The Balaban J connectivity index is 1.99. The van der Waals surface area contributed by atoms with Crippen molar-refractivity contribution >= 4 is 0 Å². The number of hydrogen-bond acceptors (Lipinski definition) is 2. The molecule has 1 aromatic rings. The molecule has 1 N–H and O–H groups in total. The zero-order chi connectivity index (χ0) is 12.1. The summed E-state index contributed by atoms with van der Waals surface area (Å²) in [7, 11) is 1.73. The van der Waals surface area contributed by atoms with Crippen molar-refractivity contribution in [3.63, 3.8) is 0 Å². The molecule has 0 amide bonds. The second-order valence-electron chi connectivity index (χ2n) is 4.47. The highest BCUT2D eigenvalue weighted by Crippen LogP contribution is 2.33. The van der Waals surface area contributed by atoms with Crippen LogP contribution in [-0.2, 0) is 6.42 Å². The van der Waals surface area contributed by atoms with Gasteiger partial charge in [-0.3, -0.25) is 0 Å². The lowest BCUT2D eigenvalue weighted by Crippen LogP contribution is -2.20. The van der Waals surface area contributed by atoms with Crippen LogP contribution in [0.2, 0.25) is 0 Å². The molecule has 0 radical (unpaired) electrons. The van der Waals surface area contributed by atoms with E-state index in [1.165, 1.54) is 24.0 Å². The largest absolute Gasteiger partial charge is 0.497 e. The van der Waals surface area contributed by atoms with Crippen LogP contribution >= 0.6 is 0 Å². The number of nitrogens with one attached hydrogen (secondary N) is 1. The molecular formula is C15H21NO. The van der Waals surface area contributed by atoms with Gasteiger partial charge in [-0.2, -0.15) is 0 Å². The van der Waals surface area contributed by atoms with Gasteiger partial charge in [0.05, 0.1) is 7.11 Å². The Morgan fingerprint density at radius 2 is 2.35 bits per heavy atom. The van der Waals surface area contributed by atoms with E-state index in [0.717, 1.165) is 18.7 Å². The normalized spacial score (nSPS) is 18.6. The lowest BCUT2D eigenvalue weighted by atomic mass is 10.1. The molecule has 0 fully saturated rings. The molecule has 1 atom stereocenters. The monoisotopic (exact) mass is 231 g/mol. The van der Waals surface area contributed by atoms with Gasteiger partial charge in [0.15, 0.2) is 0 Å². The Hall–Kier alpha value is -1.28. The smallest absolute Gasteiger partial charge is 0.119 e. The molecule has 17 heavy (non-hydrogen) atoms. The second kappa shape index (κ2) is 5.87. The first-order valence-corrected chi connectivity index (χ1v) is 6.36. The molecular weight excluding hydrogens is 210 g/mol. The predicted octanol–water partition coefficient (Wildman–Crippen LogP) is 3.24. The van der Waals surface area contributed by atoms with Crippen molar-refractivity contribution in [1.82, 2.24) is 5.32 Å². The number of fused-ring (bicyclic) bond motifs is 1. The van der Waals surface area contributed by atoms with Crippen molar-refractivity contribution in [1.29, 1.82) is 0 Å². The maximum Gasteiger partial charge on any atom is 0.119 e. The summed E-state index contributed by atoms with van der Waals surface area (Å²) in [5, 5.41) is 3.62. The van der Waals surface area contributed by atoms with Crippen LogP contribution in [0.3, 0.4) is 0 Å². The summed E-state index contributed by atoms with van der Waals surface area (Å²) in [4.78, 5) is 0. The molecule has 92 valence electrons. The first-order valence-electron chi connectivity index (χ1n) is 6.36. The quantitative estimate of drug-likeness (QED) is 0.620. The van der Waals surface area contributed by atoms with Gasteiger partial charge in [-0.25, -0.2) is 0 Å². The lowest BCUT2D eigenvalue weighted by Gasteiger charge is -2.14. The van der Waals surface area contributed by atoms with Gasteiger partial charge in [-0.05, 0) is 56.0 Å². The van der Waals surface area contributed by atoms with Crippen molar-refractivity contribution in [3.8, 4) is 5.75 Å². The fraction of sp³-hybridized carbons (Fsp3) is 0.467. The zero-order valence-electron chi connectivity index (χ0n) is 10.7. The van der Waals surface area contributed by atoms with E-state index >= 15 is 0 Å². The van der Waals surface area contributed by atoms with Gasteiger partial charge in [0.25, 0.3) is 0 Å². The van der Waals surface area contributed by atoms with Crippen LogP contribution in [0, 0.1) is 0 Å². The molecule has 2 nitrogen and oxygen atoms in total. The van der Waals surface area contributed by atoms with Gasteiger partial charge in [-0.1, -0.05) is 18.2 Å². The van der Waals surface area contributed by atoms with E-state index in [9.17, 15) is 0 Å². The Kier molecular flexibility index (Phi) is 4.21. The van der Waals surface area contributed by atoms with Gasteiger partial charge < -0.3 is 10.1 Å². The minimum atomic E-state index is 0.505. The van der Waals surface area contributed by atoms with E-state index in [1.54, 1.807) is 7.11 Å². The van der Waals surface area contributed by atoms with Gasteiger partial charge in [0, 0.05) is 6.04 Å². The first kappa shape index (κ1) is 12.2. The Bertz CT molecular complexity index is 398. The van der Waals surface area contributed by atoms with Crippen LogP contribution < -0.4 is 10.1 Å². The second-order valence-corrected chi connectivity index (χ2v) is 4.47. The SMILES string of the molecule is C/C=C/CCNC1CCc2ccc(OC)cc21. The van der Waals surface area contributed by atoms with Crippen molar-refractivity contribution in [2.75, 3.05) is 13.7 Å². The average molecular weight is 231 g/mol. The van der Waals surface area contributed by atoms with Crippen molar-refractivity contribution in [2.45, 2.75) is 32.2 Å². The highest BCUT2D eigenvalue weighted by molar-refractivity contribution is 5.40. The highest BCUT2D eigenvalue weighted by Gasteiger charge is 2.21. The first-order chi connectivity index (χ1) is 8.35. The van der Waals surface area contributed by atoms with E-state index in [-0.39, 0.29) is 0 Å². The van der Waals surface area contributed by atoms with E-state index in [4.69, 9.17) is 4.74 Å². The summed E-state index contributed by atoms with van der Waals surface area (Å²) in [6.45, 7) is 3.11. The van der Waals surface area contributed by atoms with Crippen LogP contribution in [-0.4, -0.2) is 13.7 Å². The summed E-state index contributed by atoms with van der Waals surface area (Å²) >= 11 is 0. The number of rotatable bonds is 5. The number of ether oxygens (including phenoxy) is 1. The molecule has 0 saturated heterocycles. The number of methoxy groups -OCH3 is 1. The molecule has 0 saturated carbocycles. The number of hydrogen-bond donors (Lipinski definition) is 1. The molecule has 2 heteroatoms. The maximum absolute atomic E-state index is 5.29. The van der Waals surface area contributed by atoms with Gasteiger partial charge >= 0.3 is 0 Å². The molecule has 1 aliphatic rings. The molecule has 0 spiro atoms. The third-order valence-electron chi connectivity index (χ3n) is 3.37. The Morgan fingerprint density at radius 1 is 1.47 bits per heavy atom. The molecule has 1 aromatic carbocycles. The summed E-state index contributed by atoms with van der Waals surface area (Å²) in [5.74, 6) is 0.964. The molecule has 0 heterocycles. The summed E-state index contributed by atoms with van der Waals surface area (Å²) < 4.78 is 5.29. The topological polar surface area (TPSA) is 21.3 Å². The van der Waals surface area contributed by atoms with Crippen LogP contribution in [0.25, 0.3) is 0 Å². The fourth-order valence-corrected chi connectivity index (χ4v) is 2.43. The minimum Gasteiger partial charge on any atom is -0.497 e. The van der Waals surface area contributed by atoms with Crippen LogP contribution in [0.5, 0.6) is 5.75 Å². The van der Waals surface area contributed by atoms with Crippen molar-refractivity contribution < 1.29 is 4.74 Å². The number of benzene rings is 1. The highest BCUT2D eigenvalue weighted by atomic mass is 16.5. The summed E-state index contributed by atoms with van der Waals surface area (Å²) in [6.07, 6.45) is 7.80. The average Bonchev–Trinajstić information content (AvgIpc) is 2.77. The molecule has 0 bridgehead atoms. The Morgan fingerprint density at radius 3 is 3.12 bits per heavy atom. The van der Waals surface area contributed by atoms with Crippen LogP contribution in [0.15, 0.2) is 30.4 Å². The fourth-order valence-electron chi connectivity index (χ4n) is 2.43. The maximum atomic E-state index is 5.29. The van der Waals surface area contributed by atoms with E-state index in [1.807, 2.05) is 0 Å². The molecule has 1 unspecified atom stereocenters. The molecule has 1 aliphatic carbocycles. The predicted molar refractivity (Wildman–Crippen MR) is 71.5 cm³/mol. The lowest BCUT2D eigenvalue weighted by molar-refractivity contribution is 0.413. The number of allylic oxidation sites excluding steroid dienone is 1. The van der Waals surface area contributed by atoms with E-state index in [2.05, 4.69) is 42.6 Å². The van der Waals surface area contributed by atoms with Gasteiger partial charge in [0.2, 0.25) is 0 Å². The third-order valence-corrected chi connectivity index (χ3v) is 3.37. The van der Waals surface area contributed by atoms with Gasteiger partial charge in [0.1, 0.15) is 5.75 Å². The van der Waals surface area contributed by atoms with Crippen molar-refractivity contribution in [2.24, 2.45) is 0 Å². The standard InChI is InChI=1S/C15H21NO/c1-3-4-5-10-16-15-9-7-12-6-8-13(17-2)11-14(12)15/h3-4,6,8,11,15-16H,5,7,9-10H2,1-2H3/b4-3+. The van der Waals surface area contributed by atoms with Crippen LogP contribution in [0.1, 0.15) is 36.9 Å². The van der Waals surface area contributed by atoms with Gasteiger partial charge in [-0.15, -0.1) is 0 Å². The molecule has 2 rings (SSSR count). The van der Waals surface area contributed by atoms with Crippen LogP contribution in [0.4, 0.5) is 0 Å².